The molecule has 0 saturated heterocycles. The summed E-state index contributed by atoms with van der Waals surface area (Å²) in [5.41, 5.74) is 0. The van der Waals surface area contributed by atoms with Crippen molar-refractivity contribution in [1.82, 2.24) is 5.32 Å². The summed E-state index contributed by atoms with van der Waals surface area (Å²) in [6, 6.07) is -0.622. The lowest BCUT2D eigenvalue weighted by Crippen LogP contribution is -2.45. The Labute approximate surface area is 361 Å². The first-order chi connectivity index (χ1) is 28.7. The molecule has 4 nitrogen and oxygen atoms in total. The van der Waals surface area contributed by atoms with Crippen LogP contribution in [0.5, 0.6) is 0 Å². The Morgan fingerprint density at radius 2 is 0.759 bits per heavy atom. The van der Waals surface area contributed by atoms with Crippen molar-refractivity contribution >= 4 is 5.91 Å². The average Bonchev–Trinajstić information content (AvgIpc) is 3.23. The van der Waals surface area contributed by atoms with Crippen molar-refractivity contribution < 1.29 is 15.0 Å². The molecule has 0 heterocycles. The zero-order valence-corrected chi connectivity index (χ0v) is 38.3. The molecule has 4 heteroatoms. The quantitative estimate of drug-likeness (QED) is 0.0424. The fourth-order valence-electron chi connectivity index (χ4n) is 7.12. The Hall–Kier alpha value is -2.43. The van der Waals surface area contributed by atoms with Gasteiger partial charge in [-0.05, 0) is 70.6 Å². The molecule has 1 amide bonds. The summed E-state index contributed by atoms with van der Waals surface area (Å²) in [4.78, 5) is 12.4. The minimum Gasteiger partial charge on any atom is -0.394 e. The molecule has 0 spiro atoms. The Morgan fingerprint density at radius 1 is 0.431 bits per heavy atom. The van der Waals surface area contributed by atoms with E-state index in [1.807, 2.05) is 6.08 Å². The van der Waals surface area contributed by atoms with Crippen LogP contribution in [-0.2, 0) is 4.79 Å². The number of aliphatic hydroxyl groups excluding tert-OH is 2. The van der Waals surface area contributed by atoms with Crippen LogP contribution >= 0.6 is 0 Å². The molecule has 0 aromatic carbocycles. The van der Waals surface area contributed by atoms with Crippen LogP contribution in [0.25, 0.3) is 0 Å². The number of amides is 1. The van der Waals surface area contributed by atoms with Crippen molar-refractivity contribution in [1.29, 1.82) is 0 Å². The van der Waals surface area contributed by atoms with E-state index in [0.29, 0.717) is 6.42 Å². The van der Waals surface area contributed by atoms with Gasteiger partial charge in [0.1, 0.15) is 0 Å². The van der Waals surface area contributed by atoms with Crippen molar-refractivity contribution in [2.75, 3.05) is 6.61 Å². The smallest absolute Gasteiger partial charge is 0.220 e. The SMILES string of the molecule is CC/C=C\C/C=C\C/C=C\C/C=C\C/C=C\C/C=C\CCCCCCCCCCCCCCCCCCCCC(=O)NC(CO)C(O)/C=C/CCCCCCCCC. The fourth-order valence-corrected chi connectivity index (χ4v) is 7.12. The number of rotatable bonds is 44. The molecule has 0 radical (unpaired) electrons. The first-order valence-electron chi connectivity index (χ1n) is 24.8. The Bertz CT molecular complexity index is 1050. The van der Waals surface area contributed by atoms with E-state index in [0.717, 1.165) is 64.2 Å². The lowest BCUT2D eigenvalue weighted by molar-refractivity contribution is -0.123. The van der Waals surface area contributed by atoms with Crippen LogP contribution in [0.15, 0.2) is 85.1 Å². The maximum Gasteiger partial charge on any atom is 0.220 e. The predicted molar refractivity (Wildman–Crippen MR) is 257 cm³/mol. The Kier molecular flexibility index (Phi) is 46.9. The van der Waals surface area contributed by atoms with Gasteiger partial charge in [-0.2, -0.15) is 0 Å². The van der Waals surface area contributed by atoms with Gasteiger partial charge in [0.2, 0.25) is 5.91 Å². The van der Waals surface area contributed by atoms with Gasteiger partial charge in [-0.3, -0.25) is 4.79 Å². The van der Waals surface area contributed by atoms with E-state index in [2.05, 4.69) is 92.1 Å². The molecule has 0 saturated carbocycles. The second-order valence-corrected chi connectivity index (χ2v) is 16.5. The number of nitrogens with one attached hydrogen (secondary N) is 1. The highest BCUT2D eigenvalue weighted by Crippen LogP contribution is 2.15. The molecular formula is C54H95NO3. The van der Waals surface area contributed by atoms with Gasteiger partial charge in [0.05, 0.1) is 18.8 Å². The normalized spacial score (nSPS) is 13.7. The average molecular weight is 806 g/mol. The number of aliphatic hydroxyl groups is 2. The van der Waals surface area contributed by atoms with Gasteiger partial charge in [-0.1, -0.05) is 240 Å². The number of unbranched alkanes of at least 4 members (excludes halogenated alkanes) is 25. The number of carbonyl (C=O) groups excluding carboxylic acids is 1. The van der Waals surface area contributed by atoms with E-state index >= 15 is 0 Å². The molecule has 0 aromatic heterocycles. The second kappa shape index (κ2) is 48.9. The largest absolute Gasteiger partial charge is 0.394 e. The van der Waals surface area contributed by atoms with E-state index in [-0.39, 0.29) is 12.5 Å². The molecule has 58 heavy (non-hydrogen) atoms. The Morgan fingerprint density at radius 3 is 1.14 bits per heavy atom. The first-order valence-corrected chi connectivity index (χ1v) is 24.8. The van der Waals surface area contributed by atoms with E-state index in [9.17, 15) is 15.0 Å². The number of hydrogen-bond donors (Lipinski definition) is 3. The van der Waals surface area contributed by atoms with Crippen molar-refractivity contribution in [3.63, 3.8) is 0 Å². The molecule has 0 bridgehead atoms. The molecule has 0 aliphatic carbocycles. The third-order valence-corrected chi connectivity index (χ3v) is 10.9. The third kappa shape index (κ3) is 44.7. The standard InChI is InChI=1S/C54H95NO3/c1-3-5-7-9-11-13-14-15-16-17-18-19-20-21-22-23-24-25-26-27-28-29-30-31-32-33-34-35-36-37-38-39-40-42-44-46-48-50-54(58)55-52(51-56)53(57)49-47-45-43-41-12-10-8-6-4-2/h5,7,11,13,15-16,18-19,21-22,24-25,47,49,52-53,56-57H,3-4,6,8-10,12,14,17,20,23,26-46,48,50-51H2,1-2H3,(H,55,58)/b7-5-,13-11-,16-15-,19-18-,22-21-,25-24-,49-47+. The van der Waals surface area contributed by atoms with Crippen molar-refractivity contribution in [3.05, 3.63) is 85.1 Å². The topological polar surface area (TPSA) is 69.6 Å². The molecule has 0 aliphatic rings. The van der Waals surface area contributed by atoms with Crippen LogP contribution in [-0.4, -0.2) is 34.9 Å². The number of carbonyl (C=O) groups is 1. The van der Waals surface area contributed by atoms with Crippen molar-refractivity contribution in [2.45, 2.75) is 244 Å². The Balaban J connectivity index is 3.46. The van der Waals surface area contributed by atoms with Gasteiger partial charge in [-0.25, -0.2) is 0 Å². The van der Waals surface area contributed by atoms with Gasteiger partial charge < -0.3 is 15.5 Å². The molecule has 0 fully saturated rings. The highest BCUT2D eigenvalue weighted by molar-refractivity contribution is 5.76. The summed E-state index contributed by atoms with van der Waals surface area (Å²) in [6.07, 6.45) is 71.6. The van der Waals surface area contributed by atoms with Crippen LogP contribution < -0.4 is 5.32 Å². The summed E-state index contributed by atoms with van der Waals surface area (Å²) >= 11 is 0. The van der Waals surface area contributed by atoms with Gasteiger partial charge in [-0.15, -0.1) is 0 Å². The van der Waals surface area contributed by atoms with E-state index in [4.69, 9.17) is 0 Å². The molecular weight excluding hydrogens is 711 g/mol. The zero-order chi connectivity index (χ0) is 42.1. The molecule has 3 N–H and O–H groups in total. The molecule has 334 valence electrons. The van der Waals surface area contributed by atoms with Crippen LogP contribution in [0.3, 0.4) is 0 Å². The summed E-state index contributed by atoms with van der Waals surface area (Å²) in [6.45, 7) is 4.16. The summed E-state index contributed by atoms with van der Waals surface area (Å²) < 4.78 is 0. The van der Waals surface area contributed by atoms with Crippen LogP contribution in [0.2, 0.25) is 0 Å². The van der Waals surface area contributed by atoms with Crippen molar-refractivity contribution in [3.8, 4) is 0 Å². The summed E-state index contributed by atoms with van der Waals surface area (Å²) in [7, 11) is 0. The first kappa shape index (κ1) is 55.6. The minimum absolute atomic E-state index is 0.0676. The maximum atomic E-state index is 12.4. The number of hydrogen-bond acceptors (Lipinski definition) is 3. The highest BCUT2D eigenvalue weighted by Gasteiger charge is 2.17. The molecule has 0 aliphatic heterocycles. The van der Waals surface area contributed by atoms with Crippen LogP contribution in [0.1, 0.15) is 232 Å². The van der Waals surface area contributed by atoms with Gasteiger partial charge in [0.15, 0.2) is 0 Å². The molecule has 2 atom stereocenters. The lowest BCUT2D eigenvalue weighted by Gasteiger charge is -2.20. The summed E-state index contributed by atoms with van der Waals surface area (Å²) in [5.74, 6) is -0.0676. The predicted octanol–water partition coefficient (Wildman–Crippen LogP) is 16.0. The van der Waals surface area contributed by atoms with Gasteiger partial charge in [0.25, 0.3) is 0 Å². The fraction of sp³-hybridized carbons (Fsp3) is 0.722. The zero-order valence-electron chi connectivity index (χ0n) is 38.3. The van der Waals surface area contributed by atoms with Crippen LogP contribution in [0.4, 0.5) is 0 Å². The number of allylic oxidation sites excluding steroid dienone is 13. The highest BCUT2D eigenvalue weighted by atomic mass is 16.3. The van der Waals surface area contributed by atoms with Gasteiger partial charge in [0, 0.05) is 6.42 Å². The van der Waals surface area contributed by atoms with Crippen LogP contribution in [0, 0.1) is 0 Å². The van der Waals surface area contributed by atoms with E-state index in [1.54, 1.807) is 6.08 Å². The molecule has 2 unspecified atom stereocenters. The van der Waals surface area contributed by atoms with Gasteiger partial charge >= 0.3 is 0 Å². The molecule has 0 aromatic rings. The second-order valence-electron chi connectivity index (χ2n) is 16.5. The third-order valence-electron chi connectivity index (χ3n) is 10.9. The van der Waals surface area contributed by atoms with E-state index < -0.39 is 12.1 Å². The maximum absolute atomic E-state index is 12.4. The van der Waals surface area contributed by atoms with E-state index in [1.165, 1.54) is 148 Å². The van der Waals surface area contributed by atoms with Crippen molar-refractivity contribution in [2.24, 2.45) is 0 Å². The minimum atomic E-state index is -0.838. The molecule has 0 rings (SSSR count). The monoisotopic (exact) mass is 806 g/mol. The lowest BCUT2D eigenvalue weighted by atomic mass is 10.0. The summed E-state index contributed by atoms with van der Waals surface area (Å²) in [5, 5.41) is 22.9.